The molecule has 21 heavy (non-hydrogen) atoms. The van der Waals surface area contributed by atoms with E-state index in [1.807, 2.05) is 0 Å². The molecule has 2 aliphatic rings. The number of aryl methyl sites for hydroxylation is 1. The van der Waals surface area contributed by atoms with Crippen molar-refractivity contribution in [2.24, 2.45) is 13.0 Å². The van der Waals surface area contributed by atoms with Gasteiger partial charge in [0.15, 0.2) is 5.69 Å². The summed E-state index contributed by atoms with van der Waals surface area (Å²) >= 11 is 0. The molecule has 1 aliphatic carbocycles. The number of rotatable bonds is 6. The summed E-state index contributed by atoms with van der Waals surface area (Å²) < 4.78 is 7.50. The smallest absolute Gasteiger partial charge is 0.356 e. The van der Waals surface area contributed by atoms with Crippen molar-refractivity contribution in [2.75, 3.05) is 6.61 Å². The zero-order valence-corrected chi connectivity index (χ0v) is 12.4. The molecule has 1 saturated carbocycles. The number of hydrogen-bond acceptors (Lipinski definition) is 4. The van der Waals surface area contributed by atoms with Crippen LogP contribution in [0.25, 0.3) is 0 Å². The van der Waals surface area contributed by atoms with Crippen molar-refractivity contribution in [2.45, 2.75) is 50.8 Å². The van der Waals surface area contributed by atoms with Crippen LogP contribution in [-0.2, 0) is 18.3 Å². The van der Waals surface area contributed by atoms with Gasteiger partial charge in [0.2, 0.25) is 0 Å². The Hall–Kier alpha value is -1.40. The summed E-state index contributed by atoms with van der Waals surface area (Å²) in [6.07, 6.45) is 6.42. The molecule has 0 aromatic carbocycles. The Kier molecular flexibility index (Phi) is 4.26. The zero-order valence-electron chi connectivity index (χ0n) is 12.4. The Morgan fingerprint density at radius 3 is 2.86 bits per heavy atom. The van der Waals surface area contributed by atoms with Gasteiger partial charge in [0.05, 0.1) is 11.8 Å². The van der Waals surface area contributed by atoms with Crippen LogP contribution in [-0.4, -0.2) is 39.6 Å². The van der Waals surface area contributed by atoms with Gasteiger partial charge in [0.1, 0.15) is 0 Å². The number of hydrogen-bond donors (Lipinski definition) is 2. The fourth-order valence-corrected chi connectivity index (χ4v) is 3.28. The van der Waals surface area contributed by atoms with Gasteiger partial charge in [-0.3, -0.25) is 4.68 Å². The number of nitrogens with one attached hydrogen (secondary N) is 1. The third-order valence-electron chi connectivity index (χ3n) is 4.74. The van der Waals surface area contributed by atoms with Crippen LogP contribution in [0.3, 0.4) is 0 Å². The molecule has 116 valence electrons. The third-order valence-corrected chi connectivity index (χ3v) is 4.74. The van der Waals surface area contributed by atoms with Gasteiger partial charge in [-0.05, 0) is 37.7 Å². The van der Waals surface area contributed by atoms with Crippen molar-refractivity contribution in [3.05, 3.63) is 17.5 Å². The molecule has 0 radical (unpaired) electrons. The first-order valence-electron chi connectivity index (χ1n) is 7.76. The van der Waals surface area contributed by atoms with Gasteiger partial charge < -0.3 is 15.2 Å². The molecule has 1 saturated heterocycles. The molecule has 0 bridgehead atoms. The van der Waals surface area contributed by atoms with Crippen LogP contribution in [0.5, 0.6) is 0 Å². The van der Waals surface area contributed by atoms with Crippen LogP contribution < -0.4 is 5.32 Å². The SMILES string of the molecule is Cn1nc(C(=O)O)cc1CNC(C1CCC1)C1CCCO1. The van der Waals surface area contributed by atoms with Gasteiger partial charge in [-0.15, -0.1) is 0 Å². The molecule has 2 unspecified atom stereocenters. The zero-order chi connectivity index (χ0) is 14.8. The fraction of sp³-hybridized carbons (Fsp3) is 0.733. The molecule has 0 amide bonds. The van der Waals surface area contributed by atoms with Crippen molar-refractivity contribution in [3.63, 3.8) is 0 Å². The predicted octanol–water partition coefficient (Wildman–Crippen LogP) is 1.56. The lowest BCUT2D eigenvalue weighted by Crippen LogP contribution is -2.47. The monoisotopic (exact) mass is 293 g/mol. The number of nitrogens with zero attached hydrogens (tertiary/aromatic N) is 2. The van der Waals surface area contributed by atoms with Gasteiger partial charge in [-0.2, -0.15) is 5.10 Å². The van der Waals surface area contributed by atoms with Gasteiger partial charge in [-0.25, -0.2) is 4.79 Å². The summed E-state index contributed by atoms with van der Waals surface area (Å²) in [5.41, 5.74) is 1.00. The third kappa shape index (κ3) is 3.11. The first kappa shape index (κ1) is 14.5. The highest BCUT2D eigenvalue weighted by Gasteiger charge is 2.35. The standard InChI is InChI=1S/C15H23N3O3/c1-18-11(8-12(17-18)15(19)20)9-16-14(10-4-2-5-10)13-6-3-7-21-13/h8,10,13-14,16H,2-7,9H2,1H3,(H,19,20). The van der Waals surface area contributed by atoms with Crippen molar-refractivity contribution in [1.29, 1.82) is 0 Å². The van der Waals surface area contributed by atoms with Gasteiger partial charge >= 0.3 is 5.97 Å². The second kappa shape index (κ2) is 6.15. The molecule has 6 heteroatoms. The highest BCUT2D eigenvalue weighted by Crippen LogP contribution is 2.34. The van der Waals surface area contributed by atoms with Crippen LogP contribution in [0.1, 0.15) is 48.3 Å². The van der Waals surface area contributed by atoms with Crippen molar-refractivity contribution < 1.29 is 14.6 Å². The number of aromatic nitrogens is 2. The Morgan fingerprint density at radius 1 is 1.52 bits per heavy atom. The maximum absolute atomic E-state index is 11.0. The summed E-state index contributed by atoms with van der Waals surface area (Å²) in [5, 5.41) is 16.6. The molecule has 0 spiro atoms. The summed E-state index contributed by atoms with van der Waals surface area (Å²) in [5.74, 6) is -0.285. The normalized spacial score (nSPS) is 24.0. The maximum atomic E-state index is 11.0. The van der Waals surface area contributed by atoms with Crippen molar-refractivity contribution in [1.82, 2.24) is 15.1 Å². The Labute approximate surface area is 124 Å². The molecule has 3 rings (SSSR count). The lowest BCUT2D eigenvalue weighted by molar-refractivity contribution is 0.0388. The van der Waals surface area contributed by atoms with E-state index in [0.717, 1.165) is 25.1 Å². The van der Waals surface area contributed by atoms with E-state index in [9.17, 15) is 4.79 Å². The number of ether oxygens (including phenoxy) is 1. The number of carboxylic acids is 1. The quantitative estimate of drug-likeness (QED) is 0.832. The minimum Gasteiger partial charge on any atom is -0.476 e. The van der Waals surface area contributed by atoms with Crippen LogP contribution in [0.2, 0.25) is 0 Å². The molecule has 2 N–H and O–H groups in total. The minimum atomic E-state index is -0.980. The highest BCUT2D eigenvalue weighted by molar-refractivity contribution is 5.85. The molecule has 1 aromatic rings. The molecule has 2 atom stereocenters. The lowest BCUT2D eigenvalue weighted by atomic mass is 9.77. The molecule has 1 aliphatic heterocycles. The summed E-state index contributed by atoms with van der Waals surface area (Å²) in [6.45, 7) is 1.50. The van der Waals surface area contributed by atoms with E-state index in [1.165, 1.54) is 19.3 Å². The molecule has 2 fully saturated rings. The van der Waals surface area contributed by atoms with E-state index >= 15 is 0 Å². The van der Waals surface area contributed by atoms with E-state index in [1.54, 1.807) is 17.8 Å². The van der Waals surface area contributed by atoms with E-state index in [2.05, 4.69) is 10.4 Å². The molecule has 2 heterocycles. The summed E-state index contributed by atoms with van der Waals surface area (Å²) in [6, 6.07) is 2.02. The molecular formula is C15H23N3O3. The van der Waals surface area contributed by atoms with E-state index in [4.69, 9.17) is 9.84 Å². The van der Waals surface area contributed by atoms with Crippen molar-refractivity contribution in [3.8, 4) is 0 Å². The van der Waals surface area contributed by atoms with Crippen LogP contribution in [0, 0.1) is 5.92 Å². The van der Waals surface area contributed by atoms with Gasteiger partial charge in [0.25, 0.3) is 0 Å². The average Bonchev–Trinajstić information content (AvgIpc) is 3.01. The number of carboxylic acid groups (broad SMARTS) is 1. The molecule has 1 aromatic heterocycles. The van der Waals surface area contributed by atoms with Crippen molar-refractivity contribution >= 4 is 5.97 Å². The maximum Gasteiger partial charge on any atom is 0.356 e. The summed E-state index contributed by atoms with van der Waals surface area (Å²) in [7, 11) is 1.79. The van der Waals surface area contributed by atoms with Gasteiger partial charge in [-0.1, -0.05) is 6.42 Å². The van der Waals surface area contributed by atoms with Gasteiger partial charge in [0, 0.05) is 26.2 Å². The molecular weight excluding hydrogens is 270 g/mol. The topological polar surface area (TPSA) is 76.4 Å². The average molecular weight is 293 g/mol. The van der Waals surface area contributed by atoms with Crippen LogP contribution >= 0.6 is 0 Å². The second-order valence-corrected chi connectivity index (χ2v) is 6.10. The highest BCUT2D eigenvalue weighted by atomic mass is 16.5. The number of carbonyl (C=O) groups is 1. The predicted molar refractivity (Wildman–Crippen MR) is 77.1 cm³/mol. The Morgan fingerprint density at radius 2 is 2.33 bits per heavy atom. The first-order chi connectivity index (χ1) is 10.1. The largest absolute Gasteiger partial charge is 0.476 e. The van der Waals surface area contributed by atoms with Crippen LogP contribution in [0.4, 0.5) is 0 Å². The minimum absolute atomic E-state index is 0.103. The Bertz CT molecular complexity index is 504. The Balaban J connectivity index is 1.64. The lowest BCUT2D eigenvalue weighted by Gasteiger charge is -2.37. The second-order valence-electron chi connectivity index (χ2n) is 6.10. The van der Waals surface area contributed by atoms with E-state index in [-0.39, 0.29) is 5.69 Å². The van der Waals surface area contributed by atoms with E-state index in [0.29, 0.717) is 24.6 Å². The van der Waals surface area contributed by atoms with Crippen LogP contribution in [0.15, 0.2) is 6.07 Å². The van der Waals surface area contributed by atoms with E-state index < -0.39 is 5.97 Å². The fourth-order valence-electron chi connectivity index (χ4n) is 3.28. The number of aromatic carboxylic acids is 1. The first-order valence-corrected chi connectivity index (χ1v) is 7.76. The summed E-state index contributed by atoms with van der Waals surface area (Å²) in [4.78, 5) is 11.0. The molecule has 6 nitrogen and oxygen atoms in total.